The highest BCUT2D eigenvalue weighted by Crippen LogP contribution is 2.28. The van der Waals surface area contributed by atoms with Gasteiger partial charge >= 0.3 is 6.03 Å². The van der Waals surface area contributed by atoms with Gasteiger partial charge < -0.3 is 10.6 Å². The number of benzene rings is 1. The molecule has 1 aliphatic carbocycles. The van der Waals surface area contributed by atoms with E-state index in [4.69, 9.17) is 0 Å². The third-order valence-corrected chi connectivity index (χ3v) is 4.97. The third kappa shape index (κ3) is 3.50. The summed E-state index contributed by atoms with van der Waals surface area (Å²) in [5.74, 6) is -1.27. The van der Waals surface area contributed by atoms with Crippen molar-refractivity contribution in [1.29, 1.82) is 0 Å². The molecule has 134 valence electrons. The molecule has 2 N–H and O–H groups in total. The highest BCUT2D eigenvalue weighted by molar-refractivity contribution is 6.09. The summed E-state index contributed by atoms with van der Waals surface area (Å²) < 4.78 is 13.1. The van der Waals surface area contributed by atoms with Gasteiger partial charge in [-0.1, -0.05) is 31.4 Å². The van der Waals surface area contributed by atoms with E-state index >= 15 is 0 Å². The number of rotatable bonds is 4. The van der Waals surface area contributed by atoms with Crippen LogP contribution in [0.4, 0.5) is 9.18 Å². The molecule has 0 spiro atoms. The fourth-order valence-corrected chi connectivity index (χ4v) is 3.48. The standard InChI is InChI=1S/C18H22FN3O3/c1-18(12-7-9-13(19)10-8-12)16(24)22(17(25)21-18)11-15(23)20-14-5-3-2-4-6-14/h7-10,14H,2-6,11H2,1H3,(H,20,23)(H,21,25)/t18-/m1/s1. The molecule has 1 atom stereocenters. The lowest BCUT2D eigenvalue weighted by atomic mass is 9.92. The van der Waals surface area contributed by atoms with Crippen LogP contribution in [0.3, 0.4) is 0 Å². The Kier molecular flexibility index (Phi) is 4.74. The van der Waals surface area contributed by atoms with Gasteiger partial charge in [0.1, 0.15) is 17.9 Å². The zero-order valence-electron chi connectivity index (χ0n) is 14.2. The molecule has 1 heterocycles. The van der Waals surface area contributed by atoms with Crippen molar-refractivity contribution >= 4 is 17.8 Å². The zero-order valence-corrected chi connectivity index (χ0v) is 14.2. The Hall–Kier alpha value is -2.44. The summed E-state index contributed by atoms with van der Waals surface area (Å²) in [6.07, 6.45) is 5.20. The van der Waals surface area contributed by atoms with Gasteiger partial charge in [0.25, 0.3) is 5.91 Å². The first-order valence-electron chi connectivity index (χ1n) is 8.59. The van der Waals surface area contributed by atoms with Crippen molar-refractivity contribution in [3.05, 3.63) is 35.6 Å². The van der Waals surface area contributed by atoms with Crippen molar-refractivity contribution in [2.24, 2.45) is 0 Å². The summed E-state index contributed by atoms with van der Waals surface area (Å²) >= 11 is 0. The molecule has 1 aliphatic heterocycles. The van der Waals surface area contributed by atoms with Crippen molar-refractivity contribution in [2.45, 2.75) is 50.6 Å². The van der Waals surface area contributed by atoms with E-state index in [2.05, 4.69) is 10.6 Å². The maximum absolute atomic E-state index is 13.1. The minimum absolute atomic E-state index is 0.116. The van der Waals surface area contributed by atoms with Gasteiger partial charge in [0.05, 0.1) is 0 Å². The lowest BCUT2D eigenvalue weighted by Crippen LogP contribution is -2.45. The van der Waals surface area contributed by atoms with E-state index in [1.165, 1.54) is 30.7 Å². The summed E-state index contributed by atoms with van der Waals surface area (Å²) in [4.78, 5) is 38.1. The summed E-state index contributed by atoms with van der Waals surface area (Å²) in [6.45, 7) is 1.25. The molecule has 6 nitrogen and oxygen atoms in total. The highest BCUT2D eigenvalue weighted by Gasteiger charge is 2.49. The van der Waals surface area contributed by atoms with Crippen molar-refractivity contribution in [3.8, 4) is 0 Å². The molecule has 1 aromatic carbocycles. The number of carbonyl (C=O) groups excluding carboxylic acids is 3. The van der Waals surface area contributed by atoms with E-state index in [1.54, 1.807) is 6.92 Å². The van der Waals surface area contributed by atoms with E-state index < -0.39 is 23.3 Å². The van der Waals surface area contributed by atoms with Crippen LogP contribution in [-0.4, -0.2) is 35.3 Å². The fourth-order valence-electron chi connectivity index (χ4n) is 3.48. The monoisotopic (exact) mass is 347 g/mol. The van der Waals surface area contributed by atoms with E-state index in [-0.39, 0.29) is 18.5 Å². The summed E-state index contributed by atoms with van der Waals surface area (Å²) in [6, 6.07) is 4.89. The molecule has 3 rings (SSSR count). The Bertz CT molecular complexity index is 685. The van der Waals surface area contributed by atoms with Crippen LogP contribution in [0.2, 0.25) is 0 Å². The van der Waals surface area contributed by atoms with Crippen LogP contribution in [0.1, 0.15) is 44.6 Å². The minimum atomic E-state index is -1.30. The smallest absolute Gasteiger partial charge is 0.325 e. The van der Waals surface area contributed by atoms with Gasteiger partial charge in [-0.05, 0) is 37.5 Å². The Morgan fingerprint density at radius 3 is 2.52 bits per heavy atom. The third-order valence-electron chi connectivity index (χ3n) is 4.97. The summed E-state index contributed by atoms with van der Waals surface area (Å²) in [5.41, 5.74) is -0.821. The highest BCUT2D eigenvalue weighted by atomic mass is 19.1. The summed E-state index contributed by atoms with van der Waals surface area (Å²) in [7, 11) is 0. The Morgan fingerprint density at radius 1 is 1.24 bits per heavy atom. The second kappa shape index (κ2) is 6.82. The number of halogens is 1. The first-order chi connectivity index (χ1) is 11.9. The average molecular weight is 347 g/mol. The predicted molar refractivity (Wildman–Crippen MR) is 89.0 cm³/mol. The molecule has 7 heteroatoms. The van der Waals surface area contributed by atoms with Crippen LogP contribution in [0.25, 0.3) is 0 Å². The number of nitrogens with one attached hydrogen (secondary N) is 2. The number of hydrogen-bond donors (Lipinski definition) is 2. The van der Waals surface area contributed by atoms with Gasteiger partial charge in [-0.15, -0.1) is 0 Å². The quantitative estimate of drug-likeness (QED) is 0.818. The largest absolute Gasteiger partial charge is 0.352 e. The Morgan fingerprint density at radius 2 is 1.88 bits per heavy atom. The molecule has 0 bridgehead atoms. The number of amides is 4. The van der Waals surface area contributed by atoms with Crippen LogP contribution < -0.4 is 10.6 Å². The molecule has 25 heavy (non-hydrogen) atoms. The van der Waals surface area contributed by atoms with E-state index in [0.29, 0.717) is 5.56 Å². The lowest BCUT2D eigenvalue weighted by molar-refractivity contribution is -0.135. The molecule has 1 saturated heterocycles. The SMILES string of the molecule is C[C@]1(c2ccc(F)cc2)NC(=O)N(CC(=O)NC2CCCCC2)C1=O. The molecular formula is C18H22FN3O3. The van der Waals surface area contributed by atoms with Crippen molar-refractivity contribution in [2.75, 3.05) is 6.54 Å². The van der Waals surface area contributed by atoms with Crippen LogP contribution >= 0.6 is 0 Å². The molecule has 1 aromatic rings. The van der Waals surface area contributed by atoms with E-state index in [1.807, 2.05) is 0 Å². The van der Waals surface area contributed by atoms with Gasteiger partial charge in [-0.25, -0.2) is 9.18 Å². The molecule has 0 aromatic heterocycles. The minimum Gasteiger partial charge on any atom is -0.352 e. The van der Waals surface area contributed by atoms with Gasteiger partial charge in [-0.2, -0.15) is 0 Å². The van der Waals surface area contributed by atoms with Gasteiger partial charge in [0.2, 0.25) is 5.91 Å². The number of carbonyl (C=O) groups is 3. The maximum atomic E-state index is 13.1. The fraction of sp³-hybridized carbons (Fsp3) is 0.500. The number of nitrogens with zero attached hydrogens (tertiary/aromatic N) is 1. The normalized spacial score (nSPS) is 24.3. The Balaban J connectivity index is 1.68. The number of urea groups is 1. The van der Waals surface area contributed by atoms with Gasteiger partial charge in [-0.3, -0.25) is 14.5 Å². The second-order valence-electron chi connectivity index (χ2n) is 6.86. The van der Waals surface area contributed by atoms with Gasteiger partial charge in [0.15, 0.2) is 0 Å². The first-order valence-corrected chi connectivity index (χ1v) is 8.59. The topological polar surface area (TPSA) is 78.5 Å². The maximum Gasteiger partial charge on any atom is 0.325 e. The molecule has 1 saturated carbocycles. The van der Waals surface area contributed by atoms with E-state index in [0.717, 1.165) is 30.6 Å². The molecule has 2 aliphatic rings. The van der Waals surface area contributed by atoms with Crippen molar-refractivity contribution in [1.82, 2.24) is 15.5 Å². The molecule has 0 radical (unpaired) electrons. The van der Waals surface area contributed by atoms with Crippen LogP contribution in [0.5, 0.6) is 0 Å². The van der Waals surface area contributed by atoms with Crippen molar-refractivity contribution < 1.29 is 18.8 Å². The molecule has 2 fully saturated rings. The number of hydrogen-bond acceptors (Lipinski definition) is 3. The Labute approximate surface area is 145 Å². The van der Waals surface area contributed by atoms with Crippen LogP contribution in [-0.2, 0) is 15.1 Å². The van der Waals surface area contributed by atoms with Crippen molar-refractivity contribution in [3.63, 3.8) is 0 Å². The second-order valence-corrected chi connectivity index (χ2v) is 6.86. The summed E-state index contributed by atoms with van der Waals surface area (Å²) in [5, 5.41) is 5.51. The van der Waals surface area contributed by atoms with E-state index in [9.17, 15) is 18.8 Å². The average Bonchev–Trinajstić information content (AvgIpc) is 2.80. The van der Waals surface area contributed by atoms with Crippen LogP contribution in [0.15, 0.2) is 24.3 Å². The first kappa shape index (κ1) is 17.4. The molecular weight excluding hydrogens is 325 g/mol. The zero-order chi connectivity index (χ0) is 18.0. The molecule has 4 amide bonds. The van der Waals surface area contributed by atoms with Gasteiger partial charge in [0, 0.05) is 6.04 Å². The number of imide groups is 1. The lowest BCUT2D eigenvalue weighted by Gasteiger charge is -2.24. The predicted octanol–water partition coefficient (Wildman–Crippen LogP) is 2.04. The van der Waals surface area contributed by atoms with Crippen LogP contribution in [0, 0.1) is 5.82 Å². The molecule has 0 unspecified atom stereocenters.